The van der Waals surface area contributed by atoms with E-state index in [2.05, 4.69) is 5.10 Å². The van der Waals surface area contributed by atoms with Gasteiger partial charge in [0, 0.05) is 29.4 Å². The van der Waals surface area contributed by atoms with Crippen molar-refractivity contribution < 1.29 is 4.79 Å². The average Bonchev–Trinajstić information content (AvgIpc) is 2.73. The van der Waals surface area contributed by atoms with Crippen LogP contribution in [0.4, 0.5) is 0 Å². The number of hydrogen-bond acceptors (Lipinski definition) is 2. The normalized spacial score (nSPS) is 10.9. The summed E-state index contributed by atoms with van der Waals surface area (Å²) in [7, 11) is 1.83. The van der Waals surface area contributed by atoms with Gasteiger partial charge in [0.05, 0.1) is 6.20 Å². The number of benzene rings is 1. The Labute approximate surface area is 104 Å². The Bertz CT molecular complexity index is 555. The number of carbonyl (C=O) groups is 1. The fraction of sp³-hybridized carbons (Fsp3) is 0.0769. The molecule has 0 amide bonds. The molecule has 0 atom stereocenters. The fourth-order valence-corrected chi connectivity index (χ4v) is 1.53. The second-order valence-electron chi connectivity index (χ2n) is 3.65. The molecular weight excluding hydrogens is 236 g/mol. The summed E-state index contributed by atoms with van der Waals surface area (Å²) < 4.78 is 1.69. The third kappa shape index (κ3) is 3.04. The molecule has 0 saturated heterocycles. The zero-order valence-electron chi connectivity index (χ0n) is 9.30. The van der Waals surface area contributed by atoms with Gasteiger partial charge < -0.3 is 0 Å². The Morgan fingerprint density at radius 1 is 1.35 bits per heavy atom. The summed E-state index contributed by atoms with van der Waals surface area (Å²) in [5, 5.41) is 4.64. The molecule has 0 aliphatic carbocycles. The van der Waals surface area contributed by atoms with Crippen molar-refractivity contribution in [3.63, 3.8) is 0 Å². The molecular formula is C13H11ClN2O. The zero-order valence-corrected chi connectivity index (χ0v) is 10.1. The minimum atomic E-state index is -0.0504. The van der Waals surface area contributed by atoms with Crippen molar-refractivity contribution in [1.82, 2.24) is 9.78 Å². The van der Waals surface area contributed by atoms with Gasteiger partial charge in [0.2, 0.25) is 0 Å². The van der Waals surface area contributed by atoms with Crippen LogP contribution in [-0.2, 0) is 7.05 Å². The highest BCUT2D eigenvalue weighted by Crippen LogP contribution is 2.11. The number of halogens is 1. The standard InChI is InChI=1S/C13H11ClN2O/c1-16-9-10(8-15-16)2-7-13(17)11-3-5-12(14)6-4-11/h2-9H,1H3/b7-2+. The molecule has 0 N–H and O–H groups in total. The highest BCUT2D eigenvalue weighted by atomic mass is 35.5. The number of hydrogen-bond donors (Lipinski definition) is 0. The predicted octanol–water partition coefficient (Wildman–Crippen LogP) is 2.97. The van der Waals surface area contributed by atoms with Crippen LogP contribution in [-0.4, -0.2) is 15.6 Å². The molecule has 1 aromatic heterocycles. The molecule has 0 fully saturated rings. The van der Waals surface area contributed by atoms with E-state index in [9.17, 15) is 4.79 Å². The number of nitrogens with zero attached hydrogens (tertiary/aromatic N) is 2. The summed E-state index contributed by atoms with van der Waals surface area (Å²) in [4.78, 5) is 11.8. The van der Waals surface area contributed by atoms with E-state index in [0.717, 1.165) is 5.56 Å². The minimum absolute atomic E-state index is 0.0504. The first-order valence-corrected chi connectivity index (χ1v) is 5.49. The van der Waals surface area contributed by atoms with Crippen molar-refractivity contribution in [3.8, 4) is 0 Å². The molecule has 0 bridgehead atoms. The third-order valence-corrected chi connectivity index (χ3v) is 2.53. The quantitative estimate of drug-likeness (QED) is 0.617. The van der Waals surface area contributed by atoms with Crippen molar-refractivity contribution >= 4 is 23.5 Å². The van der Waals surface area contributed by atoms with Crippen molar-refractivity contribution in [1.29, 1.82) is 0 Å². The van der Waals surface area contributed by atoms with Crippen LogP contribution in [0.2, 0.25) is 5.02 Å². The van der Waals surface area contributed by atoms with Gasteiger partial charge in [-0.05, 0) is 36.4 Å². The van der Waals surface area contributed by atoms with Crippen LogP contribution >= 0.6 is 11.6 Å². The molecule has 0 unspecified atom stereocenters. The van der Waals surface area contributed by atoms with Crippen LogP contribution in [0.3, 0.4) is 0 Å². The number of allylic oxidation sites excluding steroid dienone is 1. The molecule has 86 valence electrons. The fourth-order valence-electron chi connectivity index (χ4n) is 1.41. The Morgan fingerprint density at radius 3 is 2.65 bits per heavy atom. The summed E-state index contributed by atoms with van der Waals surface area (Å²) in [6.07, 6.45) is 6.81. The molecule has 2 aromatic rings. The molecule has 0 aliphatic rings. The van der Waals surface area contributed by atoms with Gasteiger partial charge in [0.15, 0.2) is 5.78 Å². The van der Waals surface area contributed by atoms with E-state index in [0.29, 0.717) is 10.6 Å². The van der Waals surface area contributed by atoms with Gasteiger partial charge in [-0.25, -0.2) is 0 Å². The molecule has 3 nitrogen and oxygen atoms in total. The monoisotopic (exact) mass is 246 g/mol. The SMILES string of the molecule is Cn1cc(/C=C/C(=O)c2ccc(Cl)cc2)cn1. The molecule has 0 saturated carbocycles. The lowest BCUT2D eigenvalue weighted by Gasteiger charge is -1.95. The topological polar surface area (TPSA) is 34.9 Å². The molecule has 1 heterocycles. The highest BCUT2D eigenvalue weighted by Gasteiger charge is 2.01. The van der Waals surface area contributed by atoms with Crippen molar-refractivity contribution in [2.24, 2.45) is 7.05 Å². The van der Waals surface area contributed by atoms with Crippen LogP contribution in [0.5, 0.6) is 0 Å². The molecule has 1 aromatic carbocycles. The molecule has 0 radical (unpaired) electrons. The van der Waals surface area contributed by atoms with E-state index < -0.39 is 0 Å². The first kappa shape index (κ1) is 11.6. The largest absolute Gasteiger partial charge is 0.289 e. The van der Waals surface area contributed by atoms with E-state index >= 15 is 0 Å². The first-order chi connectivity index (χ1) is 8.15. The van der Waals surface area contributed by atoms with Gasteiger partial charge >= 0.3 is 0 Å². The number of aromatic nitrogens is 2. The summed E-state index contributed by atoms with van der Waals surface area (Å²) in [5.41, 5.74) is 1.52. The van der Waals surface area contributed by atoms with E-state index in [1.54, 1.807) is 41.2 Å². The minimum Gasteiger partial charge on any atom is -0.289 e. The van der Waals surface area contributed by atoms with Gasteiger partial charge in [0.1, 0.15) is 0 Å². The lowest BCUT2D eigenvalue weighted by molar-refractivity contribution is 0.104. The molecule has 4 heteroatoms. The lowest BCUT2D eigenvalue weighted by Crippen LogP contribution is -1.92. The highest BCUT2D eigenvalue weighted by molar-refractivity contribution is 6.30. The Kier molecular flexibility index (Phi) is 3.40. The van der Waals surface area contributed by atoms with Crippen molar-refractivity contribution in [2.45, 2.75) is 0 Å². The van der Waals surface area contributed by atoms with Crippen LogP contribution in [0.1, 0.15) is 15.9 Å². The van der Waals surface area contributed by atoms with Gasteiger partial charge in [-0.2, -0.15) is 5.10 Å². The number of rotatable bonds is 3. The van der Waals surface area contributed by atoms with Gasteiger partial charge in [-0.1, -0.05) is 11.6 Å². The van der Waals surface area contributed by atoms with Crippen molar-refractivity contribution in [2.75, 3.05) is 0 Å². The molecule has 2 rings (SSSR count). The Hall–Kier alpha value is -1.87. The summed E-state index contributed by atoms with van der Waals surface area (Å²) in [6.45, 7) is 0. The Balaban J connectivity index is 2.11. The first-order valence-electron chi connectivity index (χ1n) is 5.12. The maximum Gasteiger partial charge on any atom is 0.185 e. The second kappa shape index (κ2) is 4.97. The van der Waals surface area contributed by atoms with Crippen LogP contribution in [0, 0.1) is 0 Å². The Morgan fingerprint density at radius 2 is 2.06 bits per heavy atom. The van der Waals surface area contributed by atoms with Crippen LogP contribution < -0.4 is 0 Å². The predicted molar refractivity (Wildman–Crippen MR) is 68.0 cm³/mol. The second-order valence-corrected chi connectivity index (χ2v) is 4.09. The van der Waals surface area contributed by atoms with Crippen LogP contribution in [0.15, 0.2) is 42.7 Å². The maximum atomic E-state index is 11.8. The smallest absolute Gasteiger partial charge is 0.185 e. The van der Waals surface area contributed by atoms with E-state index in [-0.39, 0.29) is 5.78 Å². The summed E-state index contributed by atoms with van der Waals surface area (Å²) in [6, 6.07) is 6.82. The maximum absolute atomic E-state index is 11.8. The molecule has 17 heavy (non-hydrogen) atoms. The van der Waals surface area contributed by atoms with Crippen molar-refractivity contribution in [3.05, 3.63) is 58.9 Å². The average molecular weight is 247 g/mol. The summed E-state index contributed by atoms with van der Waals surface area (Å²) in [5.74, 6) is -0.0504. The van der Waals surface area contributed by atoms with Gasteiger partial charge in [0.25, 0.3) is 0 Å². The number of aryl methyl sites for hydroxylation is 1. The van der Waals surface area contributed by atoms with Gasteiger partial charge in [-0.15, -0.1) is 0 Å². The number of ketones is 1. The lowest BCUT2D eigenvalue weighted by atomic mass is 10.1. The van der Waals surface area contributed by atoms with Gasteiger partial charge in [-0.3, -0.25) is 9.48 Å². The van der Waals surface area contributed by atoms with Crippen LogP contribution in [0.25, 0.3) is 6.08 Å². The zero-order chi connectivity index (χ0) is 12.3. The van der Waals surface area contributed by atoms with E-state index in [1.807, 2.05) is 13.2 Å². The third-order valence-electron chi connectivity index (χ3n) is 2.28. The molecule has 0 aliphatic heterocycles. The van der Waals surface area contributed by atoms with E-state index in [4.69, 9.17) is 11.6 Å². The van der Waals surface area contributed by atoms with E-state index in [1.165, 1.54) is 6.08 Å². The summed E-state index contributed by atoms with van der Waals surface area (Å²) >= 11 is 5.75. The molecule has 0 spiro atoms. The number of carbonyl (C=O) groups excluding carboxylic acids is 1.